The molecular weight excluding hydrogens is 1370 g/mol. The van der Waals surface area contributed by atoms with Crippen molar-refractivity contribution in [2.24, 2.45) is 0 Å². The van der Waals surface area contributed by atoms with Gasteiger partial charge in [0.1, 0.15) is 11.4 Å². The van der Waals surface area contributed by atoms with Crippen molar-refractivity contribution in [3.8, 4) is 57.4 Å². The van der Waals surface area contributed by atoms with Gasteiger partial charge in [-0.05, 0) is 142 Å². The number of fused-ring (bicyclic) bond motifs is 19. The van der Waals surface area contributed by atoms with Crippen LogP contribution >= 0.6 is 0 Å². The summed E-state index contributed by atoms with van der Waals surface area (Å²) < 4.78 is 14.1. The summed E-state index contributed by atoms with van der Waals surface area (Å²) in [5.74, 6) is 1.95. The van der Waals surface area contributed by atoms with Crippen LogP contribution in [-0.4, -0.2) is 64.0 Å². The number of nitrogens with zero attached hydrogens (tertiary/aromatic N) is 12. The summed E-state index contributed by atoms with van der Waals surface area (Å²) in [5.41, 5.74) is 24.0. The molecule has 0 aliphatic rings. The number of aryl methyl sites for hydroxylation is 3. The van der Waals surface area contributed by atoms with Crippen molar-refractivity contribution < 1.29 is 0 Å². The minimum Gasteiger partial charge on any atom is -0.309 e. The SMILES string of the molecule is Cc1cc(C)c(B(c2nc(-c3ccccc3)nc(-n3c4ccccc4c4cc5c6ccccc6n(-c6ccc7c(c6)c6ccccc6n7-c6ccccc6)c5cc43)n2)c2nc(-c3ccccc3)nc(-n3c4ccccc4c4c5c6ccccc6n(-c6ccc7c(c6)c6ccccc6n7-c6ccccc6)c5ccc43)n2)c(C)c1. The Morgan fingerprint density at radius 1 is 0.214 bits per heavy atom. The van der Waals surface area contributed by atoms with E-state index in [-0.39, 0.29) is 0 Å². The second-order valence-corrected chi connectivity index (χ2v) is 29.5. The predicted molar refractivity (Wildman–Crippen MR) is 462 cm³/mol. The van der Waals surface area contributed by atoms with Crippen LogP contribution in [0.4, 0.5) is 0 Å². The molecule has 0 radical (unpaired) electrons. The third-order valence-corrected chi connectivity index (χ3v) is 23.1. The summed E-state index contributed by atoms with van der Waals surface area (Å²) in [6, 6.07) is 122. The summed E-state index contributed by atoms with van der Waals surface area (Å²) in [6.07, 6.45) is 0. The van der Waals surface area contributed by atoms with E-state index < -0.39 is 6.71 Å². The summed E-state index contributed by atoms with van der Waals surface area (Å²) >= 11 is 0. The lowest BCUT2D eigenvalue weighted by Crippen LogP contribution is -2.59. The van der Waals surface area contributed by atoms with E-state index in [1.807, 2.05) is 36.4 Å². The normalized spacial score (nSPS) is 12.1. The van der Waals surface area contributed by atoms with Gasteiger partial charge in [0.15, 0.2) is 11.6 Å². The van der Waals surface area contributed by atoms with Crippen LogP contribution in [0.1, 0.15) is 16.7 Å². The Bertz CT molecular complexity index is 7840. The molecule has 0 bridgehead atoms. The van der Waals surface area contributed by atoms with Crippen molar-refractivity contribution in [1.82, 2.24) is 57.3 Å². The van der Waals surface area contributed by atoms with Gasteiger partial charge in [-0.3, -0.25) is 9.13 Å². The molecule has 23 aromatic rings. The molecular formula is C99H65BN12. The number of aromatic nitrogens is 12. The maximum absolute atomic E-state index is 5.91. The second-order valence-electron chi connectivity index (χ2n) is 29.5. The maximum atomic E-state index is 5.91. The molecule has 0 spiro atoms. The first-order valence-corrected chi connectivity index (χ1v) is 38.1. The fraction of sp³-hybridized carbons (Fsp3) is 0.0303. The molecule has 23 rings (SSSR count). The highest BCUT2D eigenvalue weighted by atomic mass is 15.2. The summed E-state index contributed by atoms with van der Waals surface area (Å²) in [4.78, 5) is 34.5. The molecule has 0 aliphatic carbocycles. The van der Waals surface area contributed by atoms with Crippen molar-refractivity contribution in [3.63, 3.8) is 0 Å². The van der Waals surface area contributed by atoms with Crippen LogP contribution < -0.4 is 16.9 Å². The van der Waals surface area contributed by atoms with Crippen molar-refractivity contribution in [2.45, 2.75) is 20.8 Å². The zero-order chi connectivity index (χ0) is 74.0. The molecule has 0 aliphatic heterocycles. The van der Waals surface area contributed by atoms with Gasteiger partial charge in [-0.2, -0.15) is 9.97 Å². The average Bonchev–Trinajstić information content (AvgIpc) is 1.60. The van der Waals surface area contributed by atoms with Crippen LogP contribution in [-0.2, 0) is 0 Å². The maximum Gasteiger partial charge on any atom is 0.338 e. The van der Waals surface area contributed by atoms with E-state index in [1.54, 1.807) is 0 Å². The second kappa shape index (κ2) is 24.6. The molecule has 0 fully saturated rings. The Morgan fingerprint density at radius 2 is 0.518 bits per heavy atom. The number of hydrogen-bond acceptors (Lipinski definition) is 6. The first kappa shape index (κ1) is 63.3. The molecule has 8 heterocycles. The number of benzene rings is 15. The molecule has 12 nitrogen and oxygen atoms in total. The average molecular weight is 1430 g/mol. The van der Waals surface area contributed by atoms with Gasteiger partial charge in [0, 0.05) is 98.5 Å². The van der Waals surface area contributed by atoms with Crippen LogP contribution in [0.5, 0.6) is 0 Å². The van der Waals surface area contributed by atoms with E-state index >= 15 is 0 Å². The predicted octanol–water partition coefficient (Wildman–Crippen LogP) is 21.4. The smallest absolute Gasteiger partial charge is 0.309 e. The van der Waals surface area contributed by atoms with E-state index in [2.05, 4.69) is 351 Å². The third-order valence-electron chi connectivity index (χ3n) is 23.1. The quantitative estimate of drug-likeness (QED) is 0.119. The molecule has 13 heteroatoms. The zero-order valence-corrected chi connectivity index (χ0v) is 61.3. The highest BCUT2D eigenvalue weighted by Gasteiger charge is 2.36. The van der Waals surface area contributed by atoms with Crippen LogP contribution in [0.15, 0.2) is 340 Å². The first-order valence-electron chi connectivity index (χ1n) is 38.1. The van der Waals surface area contributed by atoms with Crippen LogP contribution in [0, 0.1) is 20.8 Å². The molecule has 112 heavy (non-hydrogen) atoms. The molecule has 8 aromatic heterocycles. The van der Waals surface area contributed by atoms with E-state index in [0.29, 0.717) is 35.0 Å². The van der Waals surface area contributed by atoms with Crippen molar-refractivity contribution >= 4 is 154 Å². The van der Waals surface area contributed by atoms with Crippen LogP contribution in [0.2, 0.25) is 0 Å². The van der Waals surface area contributed by atoms with E-state index in [0.717, 1.165) is 165 Å². The molecule has 0 unspecified atom stereocenters. The van der Waals surface area contributed by atoms with Crippen molar-refractivity contribution in [1.29, 1.82) is 0 Å². The number of para-hydroxylation sites is 8. The van der Waals surface area contributed by atoms with Gasteiger partial charge in [-0.1, -0.05) is 241 Å². The van der Waals surface area contributed by atoms with Gasteiger partial charge in [0.2, 0.25) is 11.9 Å². The number of hydrogen-bond donors (Lipinski definition) is 0. The molecule has 524 valence electrons. The van der Waals surface area contributed by atoms with Crippen LogP contribution in [0.3, 0.4) is 0 Å². The molecule has 0 saturated heterocycles. The lowest BCUT2D eigenvalue weighted by Gasteiger charge is -2.20. The van der Waals surface area contributed by atoms with Gasteiger partial charge < -0.3 is 18.3 Å². The molecule has 0 amide bonds. The molecule has 0 atom stereocenters. The first-order chi connectivity index (χ1) is 55.3. The van der Waals surface area contributed by atoms with Gasteiger partial charge in [-0.15, -0.1) is 0 Å². The largest absolute Gasteiger partial charge is 0.338 e. The molecule has 0 saturated carbocycles. The minimum absolute atomic E-state index is 0.460. The Kier molecular flexibility index (Phi) is 13.9. The van der Waals surface area contributed by atoms with Gasteiger partial charge in [0.05, 0.1) is 66.2 Å². The Morgan fingerprint density at radius 3 is 0.955 bits per heavy atom. The highest BCUT2D eigenvalue weighted by molar-refractivity contribution is 6.94. The lowest BCUT2D eigenvalue weighted by atomic mass is 9.41. The fourth-order valence-electron chi connectivity index (χ4n) is 18.5. The summed E-state index contributed by atoms with van der Waals surface area (Å²) in [6.45, 7) is 5.77. The summed E-state index contributed by atoms with van der Waals surface area (Å²) in [7, 11) is 0. The molecule has 15 aromatic carbocycles. The van der Waals surface area contributed by atoms with Gasteiger partial charge >= 0.3 is 6.71 Å². The van der Waals surface area contributed by atoms with Crippen molar-refractivity contribution in [2.75, 3.05) is 0 Å². The van der Waals surface area contributed by atoms with Gasteiger partial charge in [0.25, 0.3) is 0 Å². The highest BCUT2D eigenvalue weighted by Crippen LogP contribution is 2.45. The van der Waals surface area contributed by atoms with Gasteiger partial charge in [-0.25, -0.2) is 19.9 Å². The standard InChI is InChI=1S/C99H65BN12/c1-60-54-61(2)93(62(3)55-60)100(96-101-94(63-28-8-4-9-29-63)103-98(105-96)111-84-47-27-21-41-74(84)92-88(111)53-52-87-91(92)73-40-20-26-46-83(73)109(87)67-48-50-85-75(56-67)69-36-16-22-42-79(69)107(85)65-32-12-6-13-33-65)97-102-95(64-30-10-5-11-31-64)104-99(106-97)112-82-45-25-19-39-72(82)78-58-77-71-38-18-24-44-81(71)110(89(77)59-90(78)112)68-49-51-86-76(57-68)70-37-17-23-43-80(70)108(86)66-34-14-7-15-35-66/h4-59H,1-3H3. The van der Waals surface area contributed by atoms with E-state index in [1.165, 1.54) is 21.5 Å². The monoisotopic (exact) mass is 1430 g/mol. The fourth-order valence-corrected chi connectivity index (χ4v) is 18.5. The number of rotatable bonds is 11. The van der Waals surface area contributed by atoms with Crippen molar-refractivity contribution in [3.05, 3.63) is 356 Å². The minimum atomic E-state index is -0.768. The Hall–Kier alpha value is -14.8. The topological polar surface area (TPSA) is 107 Å². The van der Waals surface area contributed by atoms with E-state index in [4.69, 9.17) is 29.9 Å². The zero-order valence-electron chi connectivity index (χ0n) is 61.3. The Balaban J connectivity index is 0.757. The van der Waals surface area contributed by atoms with Crippen LogP contribution in [0.25, 0.3) is 188 Å². The van der Waals surface area contributed by atoms with E-state index in [9.17, 15) is 0 Å². The summed E-state index contributed by atoms with van der Waals surface area (Å²) in [5, 5.41) is 13.6. The Labute approximate surface area is 642 Å². The lowest BCUT2D eigenvalue weighted by molar-refractivity contribution is 0.959. The molecule has 0 N–H and O–H groups in total. The third kappa shape index (κ3) is 9.50.